The van der Waals surface area contributed by atoms with E-state index < -0.39 is 22.6 Å². The highest BCUT2D eigenvalue weighted by Crippen LogP contribution is 2.22. The summed E-state index contributed by atoms with van der Waals surface area (Å²) in [7, 11) is -2.05. The molecule has 0 radical (unpaired) electrons. The Morgan fingerprint density at radius 2 is 1.93 bits per heavy atom. The molecule has 0 spiro atoms. The minimum atomic E-state index is -3.62. The van der Waals surface area contributed by atoms with Crippen molar-refractivity contribution in [1.82, 2.24) is 13.8 Å². The van der Waals surface area contributed by atoms with Gasteiger partial charge in [-0.2, -0.15) is 4.31 Å². The summed E-state index contributed by atoms with van der Waals surface area (Å²) < 4.78 is 33.1. The van der Waals surface area contributed by atoms with Gasteiger partial charge >= 0.3 is 5.97 Å². The number of rotatable bonds is 8. The average molecular weight is 397 g/mol. The fraction of sp³-hybridized carbons (Fsp3) is 0.556. The van der Waals surface area contributed by atoms with E-state index in [1.54, 1.807) is 7.05 Å². The van der Waals surface area contributed by atoms with Crippen LogP contribution in [0.4, 0.5) is 0 Å². The Kier molecular flexibility index (Phi) is 6.83. The first-order valence-corrected chi connectivity index (χ1v) is 10.4. The van der Waals surface area contributed by atoms with E-state index in [-0.39, 0.29) is 16.5 Å². The Hall–Kier alpha value is -2.13. The molecule has 27 heavy (non-hydrogen) atoms. The van der Waals surface area contributed by atoms with E-state index in [1.165, 1.54) is 26.0 Å². The summed E-state index contributed by atoms with van der Waals surface area (Å²) >= 11 is 0. The largest absolute Gasteiger partial charge is 0.451 e. The van der Waals surface area contributed by atoms with Crippen molar-refractivity contribution in [2.75, 3.05) is 32.8 Å². The third-order valence-corrected chi connectivity index (χ3v) is 6.28. The lowest BCUT2D eigenvalue weighted by molar-refractivity contribution is -0.133. The molecular weight excluding hydrogens is 370 g/mol. The van der Waals surface area contributed by atoms with E-state index in [0.717, 1.165) is 18.4 Å². The quantitative estimate of drug-likeness (QED) is 0.489. The van der Waals surface area contributed by atoms with Crippen molar-refractivity contribution in [3.05, 3.63) is 30.1 Å². The predicted octanol–water partition coefficient (Wildman–Crippen LogP) is 1.39. The Labute approximate surface area is 160 Å². The summed E-state index contributed by atoms with van der Waals surface area (Å²) in [6, 6.07) is 1.30. The number of carbonyl (C=O) groups is 2. The van der Waals surface area contributed by atoms with Gasteiger partial charge in [-0.05, 0) is 32.8 Å². The maximum atomic E-state index is 12.6. The molecule has 1 saturated heterocycles. The molecule has 0 bridgehead atoms. The zero-order valence-electron chi connectivity index (χ0n) is 16.1. The molecule has 9 heteroatoms. The van der Waals surface area contributed by atoms with Gasteiger partial charge in [0.2, 0.25) is 10.0 Å². The number of ether oxygens (including phenoxy) is 1. The van der Waals surface area contributed by atoms with Crippen LogP contribution in [-0.4, -0.2) is 66.9 Å². The van der Waals surface area contributed by atoms with Crippen molar-refractivity contribution >= 4 is 21.9 Å². The fourth-order valence-electron chi connectivity index (χ4n) is 2.95. The second-order valence-electron chi connectivity index (χ2n) is 6.72. The molecule has 150 valence electrons. The Morgan fingerprint density at radius 3 is 2.48 bits per heavy atom. The van der Waals surface area contributed by atoms with E-state index in [1.807, 2.05) is 13.8 Å². The SMILES string of the molecule is C=C(C)CN(CC)C(=O)COC(=O)c1cc(S(=O)(=O)N2CCCC2)cn1C. The molecule has 1 amide bonds. The first-order chi connectivity index (χ1) is 12.7. The molecule has 1 aromatic rings. The molecular formula is C18H27N3O5S. The van der Waals surface area contributed by atoms with Gasteiger partial charge in [-0.1, -0.05) is 12.2 Å². The minimum absolute atomic E-state index is 0.0580. The smallest absolute Gasteiger partial charge is 0.355 e. The number of carbonyl (C=O) groups excluding carboxylic acids is 2. The zero-order valence-corrected chi connectivity index (χ0v) is 16.9. The van der Waals surface area contributed by atoms with Crippen molar-refractivity contribution in [1.29, 1.82) is 0 Å². The van der Waals surface area contributed by atoms with Gasteiger partial charge in [0, 0.05) is 39.4 Å². The summed E-state index contributed by atoms with van der Waals surface area (Å²) in [4.78, 5) is 26.1. The van der Waals surface area contributed by atoms with E-state index in [4.69, 9.17) is 4.74 Å². The highest BCUT2D eigenvalue weighted by molar-refractivity contribution is 7.89. The highest BCUT2D eigenvalue weighted by Gasteiger charge is 2.30. The maximum Gasteiger partial charge on any atom is 0.355 e. The first-order valence-electron chi connectivity index (χ1n) is 8.92. The molecule has 2 rings (SSSR count). The molecule has 0 unspecified atom stereocenters. The molecule has 1 fully saturated rings. The van der Waals surface area contributed by atoms with Crippen LogP contribution in [0.25, 0.3) is 0 Å². The number of hydrogen-bond acceptors (Lipinski definition) is 5. The van der Waals surface area contributed by atoms with Crippen molar-refractivity contribution in [2.24, 2.45) is 7.05 Å². The van der Waals surface area contributed by atoms with Crippen LogP contribution in [0.2, 0.25) is 0 Å². The number of amides is 1. The first kappa shape index (κ1) is 21.2. The van der Waals surface area contributed by atoms with Crippen LogP contribution >= 0.6 is 0 Å². The molecule has 1 aliphatic rings. The summed E-state index contributed by atoms with van der Waals surface area (Å²) in [5.74, 6) is -1.06. The van der Waals surface area contributed by atoms with Gasteiger partial charge in [0.25, 0.3) is 5.91 Å². The van der Waals surface area contributed by atoms with Gasteiger partial charge in [-0.3, -0.25) is 4.79 Å². The van der Waals surface area contributed by atoms with Crippen LogP contribution in [0.15, 0.2) is 29.3 Å². The fourth-order valence-corrected chi connectivity index (χ4v) is 4.54. The topological polar surface area (TPSA) is 88.9 Å². The third-order valence-electron chi connectivity index (χ3n) is 4.41. The van der Waals surface area contributed by atoms with Gasteiger partial charge in [0.05, 0.1) is 0 Å². The molecule has 2 heterocycles. The lowest BCUT2D eigenvalue weighted by Gasteiger charge is -2.20. The number of hydrogen-bond donors (Lipinski definition) is 0. The number of esters is 1. The Morgan fingerprint density at radius 1 is 1.30 bits per heavy atom. The maximum absolute atomic E-state index is 12.6. The van der Waals surface area contributed by atoms with Crippen molar-refractivity contribution in [2.45, 2.75) is 31.6 Å². The lowest BCUT2D eigenvalue weighted by Crippen LogP contribution is -2.35. The molecule has 0 aromatic carbocycles. The monoisotopic (exact) mass is 397 g/mol. The third kappa shape index (κ3) is 4.98. The second-order valence-corrected chi connectivity index (χ2v) is 8.66. The van der Waals surface area contributed by atoms with Gasteiger partial charge in [-0.15, -0.1) is 0 Å². The van der Waals surface area contributed by atoms with Crippen LogP contribution in [-0.2, 0) is 26.6 Å². The van der Waals surface area contributed by atoms with Crippen LogP contribution < -0.4 is 0 Å². The molecule has 8 nitrogen and oxygen atoms in total. The summed E-state index contributed by atoms with van der Waals surface area (Å²) in [5.41, 5.74) is 0.916. The lowest BCUT2D eigenvalue weighted by atomic mass is 10.3. The number of likely N-dealkylation sites (N-methyl/N-ethyl adjacent to an activating group) is 1. The number of aryl methyl sites for hydroxylation is 1. The normalized spacial score (nSPS) is 14.9. The van der Waals surface area contributed by atoms with Gasteiger partial charge in [0.15, 0.2) is 6.61 Å². The molecule has 0 saturated carbocycles. The average Bonchev–Trinajstić information content (AvgIpc) is 3.27. The van der Waals surface area contributed by atoms with E-state index >= 15 is 0 Å². The molecule has 0 atom stereocenters. The van der Waals surface area contributed by atoms with E-state index in [0.29, 0.717) is 26.2 Å². The van der Waals surface area contributed by atoms with Crippen LogP contribution in [0.5, 0.6) is 0 Å². The van der Waals surface area contributed by atoms with Crippen molar-refractivity contribution in [3.63, 3.8) is 0 Å². The van der Waals surface area contributed by atoms with Crippen LogP contribution in [0.3, 0.4) is 0 Å². The van der Waals surface area contributed by atoms with Crippen molar-refractivity contribution < 1.29 is 22.7 Å². The number of nitrogens with zero attached hydrogens (tertiary/aromatic N) is 3. The van der Waals surface area contributed by atoms with E-state index in [9.17, 15) is 18.0 Å². The highest BCUT2D eigenvalue weighted by atomic mass is 32.2. The summed E-state index contributed by atoms with van der Waals surface area (Å²) in [6.45, 7) is 8.86. The van der Waals surface area contributed by atoms with Gasteiger partial charge in [-0.25, -0.2) is 13.2 Å². The summed E-state index contributed by atoms with van der Waals surface area (Å²) in [5, 5.41) is 0. The number of sulfonamides is 1. The minimum Gasteiger partial charge on any atom is -0.451 e. The zero-order chi connectivity index (χ0) is 20.2. The Balaban J connectivity index is 2.06. The molecule has 1 aliphatic heterocycles. The predicted molar refractivity (Wildman–Crippen MR) is 101 cm³/mol. The molecule has 1 aromatic heterocycles. The Bertz CT molecular complexity index is 822. The van der Waals surface area contributed by atoms with Gasteiger partial charge < -0.3 is 14.2 Å². The summed E-state index contributed by atoms with van der Waals surface area (Å²) in [6.07, 6.45) is 3.06. The van der Waals surface area contributed by atoms with Crippen molar-refractivity contribution in [3.8, 4) is 0 Å². The van der Waals surface area contributed by atoms with Gasteiger partial charge in [0.1, 0.15) is 10.6 Å². The standard InChI is InChI=1S/C18H27N3O5S/c1-5-20(11-14(2)3)17(22)13-26-18(23)16-10-15(12-19(16)4)27(24,25)21-8-6-7-9-21/h10,12H,2,5-9,11,13H2,1,3-4H3. The van der Waals surface area contributed by atoms with Crippen LogP contribution in [0, 0.1) is 0 Å². The van der Waals surface area contributed by atoms with E-state index in [2.05, 4.69) is 6.58 Å². The second kappa shape index (κ2) is 8.71. The molecule has 0 aliphatic carbocycles. The number of aromatic nitrogens is 1. The van der Waals surface area contributed by atoms with Crippen LogP contribution in [0.1, 0.15) is 37.2 Å². The molecule has 0 N–H and O–H groups in total.